The minimum absolute atomic E-state index is 0.152. The Morgan fingerprint density at radius 1 is 1.47 bits per heavy atom. The van der Waals surface area contributed by atoms with Gasteiger partial charge in [0.25, 0.3) is 5.69 Å². The molecule has 1 unspecified atom stereocenters. The molecule has 0 aromatic heterocycles. The third-order valence-corrected chi connectivity index (χ3v) is 3.35. The minimum atomic E-state index is -0.360. The zero-order valence-electron chi connectivity index (χ0n) is 11.0. The number of benzene rings is 1. The van der Waals surface area contributed by atoms with E-state index in [1.807, 2.05) is 6.07 Å². The van der Waals surface area contributed by atoms with Crippen molar-refractivity contribution in [3.63, 3.8) is 0 Å². The summed E-state index contributed by atoms with van der Waals surface area (Å²) in [4.78, 5) is 10.3. The number of nitro benzene ring substituents is 1. The van der Waals surface area contributed by atoms with E-state index < -0.39 is 0 Å². The maximum atomic E-state index is 10.6. The molecule has 1 fully saturated rings. The smallest absolute Gasteiger partial charge is 0.269 e. The van der Waals surface area contributed by atoms with Crippen molar-refractivity contribution in [3.05, 3.63) is 39.9 Å². The molecule has 1 heterocycles. The Kier molecular flexibility index (Phi) is 5.30. The quantitative estimate of drug-likeness (QED) is 0.467. The average Bonchev–Trinajstić information content (AvgIpc) is 2.92. The SMILES string of the molecule is O=[N+]([O-])c1cccc(CNCCCC2CCCO2)c1. The monoisotopic (exact) mass is 264 g/mol. The van der Waals surface area contributed by atoms with Crippen molar-refractivity contribution in [2.75, 3.05) is 13.2 Å². The van der Waals surface area contributed by atoms with Gasteiger partial charge in [0.1, 0.15) is 0 Å². The normalized spacial score (nSPS) is 18.6. The molecule has 5 nitrogen and oxygen atoms in total. The maximum Gasteiger partial charge on any atom is 0.269 e. The molecule has 1 aliphatic heterocycles. The highest BCUT2D eigenvalue weighted by Gasteiger charge is 2.14. The van der Waals surface area contributed by atoms with Gasteiger partial charge in [-0.25, -0.2) is 0 Å². The van der Waals surface area contributed by atoms with Crippen LogP contribution in [0.1, 0.15) is 31.2 Å². The van der Waals surface area contributed by atoms with Crippen LogP contribution >= 0.6 is 0 Å². The zero-order chi connectivity index (χ0) is 13.5. The van der Waals surface area contributed by atoms with Crippen LogP contribution in [-0.2, 0) is 11.3 Å². The molecule has 2 rings (SSSR count). The van der Waals surface area contributed by atoms with E-state index in [4.69, 9.17) is 4.74 Å². The highest BCUT2D eigenvalue weighted by molar-refractivity contribution is 5.34. The van der Waals surface area contributed by atoms with Crippen molar-refractivity contribution >= 4 is 5.69 Å². The third-order valence-electron chi connectivity index (χ3n) is 3.35. The lowest BCUT2D eigenvalue weighted by Gasteiger charge is -2.09. The third kappa shape index (κ3) is 4.61. The van der Waals surface area contributed by atoms with E-state index in [1.165, 1.54) is 18.9 Å². The van der Waals surface area contributed by atoms with Gasteiger partial charge in [0.2, 0.25) is 0 Å². The van der Waals surface area contributed by atoms with Crippen LogP contribution in [0.2, 0.25) is 0 Å². The van der Waals surface area contributed by atoms with E-state index >= 15 is 0 Å². The topological polar surface area (TPSA) is 64.4 Å². The first-order valence-corrected chi connectivity index (χ1v) is 6.81. The average molecular weight is 264 g/mol. The van der Waals surface area contributed by atoms with Crippen LogP contribution < -0.4 is 5.32 Å². The molecule has 5 heteroatoms. The summed E-state index contributed by atoms with van der Waals surface area (Å²) in [6.45, 7) is 2.50. The van der Waals surface area contributed by atoms with Crippen molar-refractivity contribution in [2.45, 2.75) is 38.3 Å². The molecule has 1 saturated heterocycles. The van der Waals surface area contributed by atoms with Crippen LogP contribution in [-0.4, -0.2) is 24.2 Å². The van der Waals surface area contributed by atoms with Crippen LogP contribution in [0.4, 0.5) is 5.69 Å². The van der Waals surface area contributed by atoms with Crippen LogP contribution in [0.3, 0.4) is 0 Å². The number of non-ortho nitro benzene ring substituents is 1. The molecule has 1 atom stereocenters. The predicted molar refractivity (Wildman–Crippen MR) is 73.0 cm³/mol. The van der Waals surface area contributed by atoms with Crippen molar-refractivity contribution in [3.8, 4) is 0 Å². The molecule has 0 saturated carbocycles. The molecule has 19 heavy (non-hydrogen) atoms. The van der Waals surface area contributed by atoms with Gasteiger partial charge in [0.15, 0.2) is 0 Å². The lowest BCUT2D eigenvalue weighted by molar-refractivity contribution is -0.384. The molecule has 1 N–H and O–H groups in total. The Bertz CT molecular complexity index is 417. The van der Waals surface area contributed by atoms with Gasteiger partial charge in [0, 0.05) is 25.3 Å². The molecular weight excluding hydrogens is 244 g/mol. The standard InChI is InChI=1S/C14H20N2O3/c17-16(18)13-5-1-4-12(10-13)11-15-8-2-6-14-7-3-9-19-14/h1,4-5,10,14-15H,2-3,6-9,11H2. The zero-order valence-corrected chi connectivity index (χ0v) is 11.0. The largest absolute Gasteiger partial charge is 0.378 e. The minimum Gasteiger partial charge on any atom is -0.378 e. The van der Waals surface area contributed by atoms with E-state index in [2.05, 4.69) is 5.32 Å². The molecule has 1 aromatic rings. The first-order valence-electron chi connectivity index (χ1n) is 6.81. The molecule has 1 aromatic carbocycles. The maximum absolute atomic E-state index is 10.6. The Hall–Kier alpha value is -1.46. The molecule has 0 spiro atoms. The first kappa shape index (κ1) is 14.0. The second kappa shape index (κ2) is 7.21. The van der Waals surface area contributed by atoms with Crippen molar-refractivity contribution in [1.29, 1.82) is 0 Å². The number of rotatable bonds is 7. The number of hydrogen-bond acceptors (Lipinski definition) is 4. The van der Waals surface area contributed by atoms with Crippen molar-refractivity contribution in [1.82, 2.24) is 5.32 Å². The summed E-state index contributed by atoms with van der Waals surface area (Å²) in [5.74, 6) is 0. The summed E-state index contributed by atoms with van der Waals surface area (Å²) in [5, 5.41) is 14.0. The fraction of sp³-hybridized carbons (Fsp3) is 0.571. The fourth-order valence-electron chi connectivity index (χ4n) is 2.34. The number of hydrogen-bond donors (Lipinski definition) is 1. The lowest BCUT2D eigenvalue weighted by Crippen LogP contribution is -2.16. The van der Waals surface area contributed by atoms with Gasteiger partial charge < -0.3 is 10.1 Å². The van der Waals surface area contributed by atoms with E-state index in [1.54, 1.807) is 12.1 Å². The van der Waals surface area contributed by atoms with Crippen molar-refractivity contribution in [2.24, 2.45) is 0 Å². The fourth-order valence-corrected chi connectivity index (χ4v) is 2.34. The molecule has 104 valence electrons. The summed E-state index contributed by atoms with van der Waals surface area (Å²) < 4.78 is 5.56. The summed E-state index contributed by atoms with van der Waals surface area (Å²) in [7, 11) is 0. The van der Waals surface area contributed by atoms with Gasteiger partial charge in [-0.2, -0.15) is 0 Å². The first-order chi connectivity index (χ1) is 9.25. The van der Waals surface area contributed by atoms with Crippen LogP contribution in [0.5, 0.6) is 0 Å². The second-order valence-electron chi connectivity index (χ2n) is 4.88. The molecule has 0 amide bonds. The van der Waals surface area contributed by atoms with E-state index in [0.717, 1.165) is 31.6 Å². The van der Waals surface area contributed by atoms with E-state index in [9.17, 15) is 10.1 Å². The lowest BCUT2D eigenvalue weighted by atomic mass is 10.1. The van der Waals surface area contributed by atoms with Gasteiger partial charge in [-0.05, 0) is 37.8 Å². The van der Waals surface area contributed by atoms with E-state index in [-0.39, 0.29) is 10.6 Å². The summed E-state index contributed by atoms with van der Waals surface area (Å²) in [5.41, 5.74) is 1.10. The molecule has 0 bridgehead atoms. The molecule has 0 radical (unpaired) electrons. The predicted octanol–water partition coefficient (Wildman–Crippen LogP) is 2.64. The highest BCUT2D eigenvalue weighted by Crippen LogP contribution is 2.16. The summed E-state index contributed by atoms with van der Waals surface area (Å²) in [6, 6.07) is 6.76. The summed E-state index contributed by atoms with van der Waals surface area (Å²) >= 11 is 0. The Labute approximate surface area is 113 Å². The Morgan fingerprint density at radius 2 is 2.37 bits per heavy atom. The van der Waals surface area contributed by atoms with Crippen molar-refractivity contribution < 1.29 is 9.66 Å². The molecule has 0 aliphatic carbocycles. The van der Waals surface area contributed by atoms with Gasteiger partial charge in [-0.15, -0.1) is 0 Å². The van der Waals surface area contributed by atoms with Crippen LogP contribution in [0.15, 0.2) is 24.3 Å². The Morgan fingerprint density at radius 3 is 3.11 bits per heavy atom. The van der Waals surface area contributed by atoms with Crippen LogP contribution in [0.25, 0.3) is 0 Å². The number of nitro groups is 1. The Balaban J connectivity index is 1.64. The molecule has 1 aliphatic rings. The van der Waals surface area contributed by atoms with Gasteiger partial charge in [-0.1, -0.05) is 12.1 Å². The van der Waals surface area contributed by atoms with Crippen LogP contribution in [0, 0.1) is 10.1 Å². The molecular formula is C14H20N2O3. The van der Waals surface area contributed by atoms with E-state index in [0.29, 0.717) is 12.6 Å². The highest BCUT2D eigenvalue weighted by atomic mass is 16.6. The van der Waals surface area contributed by atoms with Gasteiger partial charge in [0.05, 0.1) is 11.0 Å². The number of nitrogens with one attached hydrogen (secondary N) is 1. The second-order valence-corrected chi connectivity index (χ2v) is 4.88. The number of ether oxygens (including phenoxy) is 1. The van der Waals surface area contributed by atoms with Gasteiger partial charge >= 0.3 is 0 Å². The number of nitrogens with zero attached hydrogens (tertiary/aromatic N) is 1. The van der Waals surface area contributed by atoms with Gasteiger partial charge in [-0.3, -0.25) is 10.1 Å². The summed E-state index contributed by atoms with van der Waals surface area (Å²) in [6.07, 6.45) is 5.00.